The fourth-order valence-corrected chi connectivity index (χ4v) is 4.63. The van der Waals surface area contributed by atoms with Gasteiger partial charge in [0.25, 0.3) is 5.91 Å². The van der Waals surface area contributed by atoms with E-state index in [-0.39, 0.29) is 17.9 Å². The van der Waals surface area contributed by atoms with Crippen LogP contribution in [0, 0.1) is 13.8 Å². The summed E-state index contributed by atoms with van der Waals surface area (Å²) in [6.45, 7) is 10.5. The molecule has 0 bridgehead atoms. The van der Waals surface area contributed by atoms with Crippen LogP contribution >= 0.6 is 11.3 Å². The van der Waals surface area contributed by atoms with E-state index in [1.54, 1.807) is 11.3 Å². The average molecular weight is 445 g/mol. The monoisotopic (exact) mass is 444 g/mol. The molecule has 0 unspecified atom stereocenters. The average Bonchev–Trinajstić information content (AvgIpc) is 3.15. The Morgan fingerprint density at radius 1 is 0.969 bits per heavy atom. The predicted molar refractivity (Wildman–Crippen MR) is 134 cm³/mol. The number of ether oxygens (including phenoxy) is 1. The summed E-state index contributed by atoms with van der Waals surface area (Å²) in [5.41, 5.74) is 6.14. The third-order valence-electron chi connectivity index (χ3n) is 5.26. The number of amides is 1. The zero-order chi connectivity index (χ0) is 22.9. The Morgan fingerprint density at radius 3 is 2.38 bits per heavy atom. The highest BCUT2D eigenvalue weighted by molar-refractivity contribution is 7.21. The van der Waals surface area contributed by atoms with Gasteiger partial charge in [-0.2, -0.15) is 0 Å². The van der Waals surface area contributed by atoms with Crippen molar-refractivity contribution in [2.45, 2.75) is 40.0 Å². The first kappa shape index (κ1) is 22.0. The molecule has 1 heterocycles. The molecule has 5 heteroatoms. The van der Waals surface area contributed by atoms with E-state index in [4.69, 9.17) is 9.72 Å². The Balaban J connectivity index is 1.42. The standard InChI is InChI=1S/C27H28N2O2S/c1-17-6-12-21(27(3,4)5)23(14-17)31-16-25(30)28-20-10-8-19(9-11-20)26-29-22-13-7-18(2)15-24(22)32-26/h6-15H,16H2,1-5H3,(H,28,30). The number of hydrogen-bond donors (Lipinski definition) is 1. The summed E-state index contributed by atoms with van der Waals surface area (Å²) >= 11 is 1.68. The van der Waals surface area contributed by atoms with E-state index >= 15 is 0 Å². The summed E-state index contributed by atoms with van der Waals surface area (Å²) in [6, 6.07) is 20.2. The van der Waals surface area contributed by atoms with E-state index < -0.39 is 0 Å². The summed E-state index contributed by atoms with van der Waals surface area (Å²) in [7, 11) is 0. The Kier molecular flexibility index (Phi) is 6.02. The third kappa shape index (κ3) is 5.00. The van der Waals surface area contributed by atoms with E-state index in [0.29, 0.717) is 0 Å². The lowest BCUT2D eigenvalue weighted by Crippen LogP contribution is -2.22. The largest absolute Gasteiger partial charge is 0.483 e. The van der Waals surface area contributed by atoms with Gasteiger partial charge in [-0.05, 0) is 78.4 Å². The molecule has 1 aromatic heterocycles. The molecule has 32 heavy (non-hydrogen) atoms. The Bertz CT molecular complexity index is 1270. The molecule has 0 saturated carbocycles. The van der Waals surface area contributed by atoms with Crippen LogP contribution in [0.5, 0.6) is 5.75 Å². The smallest absolute Gasteiger partial charge is 0.262 e. The van der Waals surface area contributed by atoms with Crippen LogP contribution in [-0.4, -0.2) is 17.5 Å². The van der Waals surface area contributed by atoms with Crippen molar-refractivity contribution in [2.24, 2.45) is 0 Å². The minimum atomic E-state index is -0.186. The first-order valence-electron chi connectivity index (χ1n) is 10.7. The maximum atomic E-state index is 12.5. The molecule has 4 nitrogen and oxygen atoms in total. The lowest BCUT2D eigenvalue weighted by molar-refractivity contribution is -0.118. The molecule has 0 fully saturated rings. The first-order valence-corrected chi connectivity index (χ1v) is 11.5. The van der Waals surface area contributed by atoms with Gasteiger partial charge in [-0.3, -0.25) is 4.79 Å². The van der Waals surface area contributed by atoms with E-state index in [9.17, 15) is 4.79 Å². The van der Waals surface area contributed by atoms with Gasteiger partial charge in [0.05, 0.1) is 10.2 Å². The van der Waals surface area contributed by atoms with E-state index in [1.165, 1.54) is 10.3 Å². The summed E-state index contributed by atoms with van der Waals surface area (Å²) in [6.07, 6.45) is 0. The van der Waals surface area contributed by atoms with Crippen molar-refractivity contribution in [2.75, 3.05) is 11.9 Å². The number of anilines is 1. The summed E-state index contributed by atoms with van der Waals surface area (Å²) in [5.74, 6) is 0.573. The van der Waals surface area contributed by atoms with Crippen molar-refractivity contribution in [1.82, 2.24) is 4.98 Å². The number of aromatic nitrogens is 1. The van der Waals surface area contributed by atoms with Crippen molar-refractivity contribution in [1.29, 1.82) is 0 Å². The van der Waals surface area contributed by atoms with Crippen molar-refractivity contribution in [3.63, 3.8) is 0 Å². The second-order valence-corrected chi connectivity index (χ2v) is 10.2. The van der Waals surface area contributed by atoms with Crippen LogP contribution in [0.15, 0.2) is 60.7 Å². The molecule has 0 atom stereocenters. The predicted octanol–water partition coefficient (Wildman–Crippen LogP) is 6.90. The quantitative estimate of drug-likeness (QED) is 0.364. The van der Waals surface area contributed by atoms with Crippen LogP contribution < -0.4 is 10.1 Å². The van der Waals surface area contributed by atoms with Crippen LogP contribution in [-0.2, 0) is 10.2 Å². The van der Waals surface area contributed by atoms with Crippen molar-refractivity contribution in [3.8, 4) is 16.3 Å². The van der Waals surface area contributed by atoms with Crippen LogP contribution in [0.3, 0.4) is 0 Å². The maximum Gasteiger partial charge on any atom is 0.262 e. The van der Waals surface area contributed by atoms with Gasteiger partial charge in [-0.1, -0.05) is 39.0 Å². The molecular formula is C27H28N2O2S. The van der Waals surface area contributed by atoms with E-state index in [0.717, 1.165) is 38.7 Å². The second kappa shape index (κ2) is 8.75. The lowest BCUT2D eigenvalue weighted by Gasteiger charge is -2.23. The lowest BCUT2D eigenvalue weighted by atomic mass is 9.86. The summed E-state index contributed by atoms with van der Waals surface area (Å²) in [4.78, 5) is 17.2. The van der Waals surface area contributed by atoms with Gasteiger partial charge in [0.1, 0.15) is 10.8 Å². The van der Waals surface area contributed by atoms with Gasteiger partial charge in [0.2, 0.25) is 0 Å². The number of rotatable bonds is 5. The highest BCUT2D eigenvalue weighted by Gasteiger charge is 2.19. The first-order chi connectivity index (χ1) is 15.2. The number of fused-ring (bicyclic) bond motifs is 1. The van der Waals surface area contributed by atoms with Crippen molar-refractivity contribution in [3.05, 3.63) is 77.4 Å². The number of benzene rings is 3. The second-order valence-electron chi connectivity index (χ2n) is 9.15. The highest BCUT2D eigenvalue weighted by atomic mass is 32.1. The molecule has 4 rings (SSSR count). The molecule has 3 aromatic carbocycles. The van der Waals surface area contributed by atoms with Gasteiger partial charge in [0, 0.05) is 11.3 Å². The molecule has 1 N–H and O–H groups in total. The molecule has 1 amide bonds. The molecule has 4 aromatic rings. The van der Waals surface area contributed by atoms with E-state index in [1.807, 2.05) is 37.3 Å². The number of carbonyl (C=O) groups is 1. The molecule has 164 valence electrons. The molecule has 0 aliphatic carbocycles. The SMILES string of the molecule is Cc1ccc(C(C)(C)C)c(OCC(=O)Nc2ccc(-c3nc4ccc(C)cc4s3)cc2)c1. The summed E-state index contributed by atoms with van der Waals surface area (Å²) in [5, 5.41) is 3.89. The minimum Gasteiger partial charge on any atom is -0.483 e. The number of nitrogens with zero attached hydrogens (tertiary/aromatic N) is 1. The van der Waals surface area contributed by atoms with Crippen LogP contribution in [0.1, 0.15) is 37.5 Å². The van der Waals surface area contributed by atoms with Crippen LogP contribution in [0.4, 0.5) is 5.69 Å². The van der Waals surface area contributed by atoms with Crippen LogP contribution in [0.25, 0.3) is 20.8 Å². The van der Waals surface area contributed by atoms with Gasteiger partial charge < -0.3 is 10.1 Å². The summed E-state index contributed by atoms with van der Waals surface area (Å²) < 4.78 is 7.08. The minimum absolute atomic E-state index is 0.0362. The topological polar surface area (TPSA) is 51.2 Å². The van der Waals surface area contributed by atoms with Gasteiger partial charge in [0.15, 0.2) is 6.61 Å². The number of aryl methyl sites for hydroxylation is 2. The van der Waals surface area contributed by atoms with Gasteiger partial charge >= 0.3 is 0 Å². The molecule has 0 radical (unpaired) electrons. The number of hydrogen-bond acceptors (Lipinski definition) is 4. The van der Waals surface area contributed by atoms with Crippen molar-refractivity contribution < 1.29 is 9.53 Å². The Labute approximate surface area is 193 Å². The fraction of sp³-hybridized carbons (Fsp3) is 0.259. The van der Waals surface area contributed by atoms with Gasteiger partial charge in [-0.25, -0.2) is 4.98 Å². The number of carbonyl (C=O) groups excluding carboxylic acids is 1. The molecule has 0 saturated heterocycles. The number of thiazole rings is 1. The number of nitrogens with one attached hydrogen (secondary N) is 1. The molecular weight excluding hydrogens is 416 g/mol. The Morgan fingerprint density at radius 2 is 1.66 bits per heavy atom. The fourth-order valence-electron chi connectivity index (χ4n) is 3.56. The zero-order valence-corrected chi connectivity index (χ0v) is 20.0. The van der Waals surface area contributed by atoms with Crippen LogP contribution in [0.2, 0.25) is 0 Å². The molecule has 0 aliphatic heterocycles. The Hall–Kier alpha value is -3.18. The maximum absolute atomic E-state index is 12.5. The van der Waals surface area contributed by atoms with E-state index in [2.05, 4.69) is 63.3 Å². The normalized spacial score (nSPS) is 11.5. The molecule has 0 aliphatic rings. The van der Waals surface area contributed by atoms with Gasteiger partial charge in [-0.15, -0.1) is 11.3 Å². The molecule has 0 spiro atoms. The zero-order valence-electron chi connectivity index (χ0n) is 19.2. The third-order valence-corrected chi connectivity index (χ3v) is 6.33. The van der Waals surface area contributed by atoms with Crippen molar-refractivity contribution >= 4 is 33.1 Å². The highest BCUT2D eigenvalue weighted by Crippen LogP contribution is 2.33.